The van der Waals surface area contributed by atoms with Gasteiger partial charge in [0.25, 0.3) is 0 Å². The Balaban J connectivity index is 1.95. The molecule has 0 N–H and O–H groups in total. The minimum absolute atomic E-state index is 0.0867. The largest absolute Gasteiger partial charge is 0.496 e. The Morgan fingerprint density at radius 3 is 2.28 bits per heavy atom. The Kier molecular flexibility index (Phi) is 7.68. The first kappa shape index (κ1) is 24.7. The van der Waals surface area contributed by atoms with Crippen molar-refractivity contribution in [2.24, 2.45) is 5.92 Å². The Morgan fingerprint density at radius 2 is 1.72 bits per heavy atom. The van der Waals surface area contributed by atoms with Gasteiger partial charge in [-0.3, -0.25) is 4.79 Å². The molecule has 2 aromatic carbocycles. The highest BCUT2D eigenvalue weighted by Crippen LogP contribution is 2.38. The molecule has 174 valence electrons. The van der Waals surface area contributed by atoms with E-state index in [0.717, 1.165) is 12.0 Å². The molecule has 3 rings (SSSR count). The molecule has 1 aliphatic heterocycles. The van der Waals surface area contributed by atoms with Crippen molar-refractivity contribution in [2.75, 3.05) is 14.2 Å². The number of carbonyl (C=O) groups excluding carboxylic acids is 1. The SMILES string of the molecule is COc1cc(OC)c(C(=O)C[C@@H]2CC[C@H](C(C)C)N2S(=O)(=O)c2ccc(C)cc2)cc1Br. The zero-order valence-electron chi connectivity index (χ0n) is 19.1. The predicted octanol–water partition coefficient (Wildman–Crippen LogP) is 5.23. The van der Waals surface area contributed by atoms with E-state index >= 15 is 0 Å². The molecule has 6 nitrogen and oxygen atoms in total. The van der Waals surface area contributed by atoms with E-state index in [1.807, 2.05) is 20.8 Å². The third kappa shape index (κ3) is 4.87. The first-order valence-corrected chi connectivity index (χ1v) is 12.9. The van der Waals surface area contributed by atoms with Gasteiger partial charge in [-0.15, -0.1) is 0 Å². The van der Waals surface area contributed by atoms with Crippen molar-refractivity contribution >= 4 is 31.7 Å². The Labute approximate surface area is 199 Å². The number of sulfonamides is 1. The molecule has 0 aromatic heterocycles. The van der Waals surface area contributed by atoms with E-state index in [9.17, 15) is 13.2 Å². The maximum Gasteiger partial charge on any atom is 0.243 e. The van der Waals surface area contributed by atoms with Gasteiger partial charge in [0, 0.05) is 24.6 Å². The molecule has 8 heteroatoms. The van der Waals surface area contributed by atoms with E-state index in [2.05, 4.69) is 15.9 Å². The van der Waals surface area contributed by atoms with Crippen molar-refractivity contribution in [3.05, 3.63) is 52.0 Å². The van der Waals surface area contributed by atoms with Gasteiger partial charge in [0.1, 0.15) is 11.5 Å². The summed E-state index contributed by atoms with van der Waals surface area (Å²) < 4.78 is 40.1. The van der Waals surface area contributed by atoms with E-state index in [1.54, 1.807) is 47.8 Å². The number of rotatable bonds is 8. The van der Waals surface area contributed by atoms with E-state index < -0.39 is 16.1 Å². The number of ketones is 1. The van der Waals surface area contributed by atoms with Crippen LogP contribution in [0.2, 0.25) is 0 Å². The lowest BCUT2D eigenvalue weighted by molar-refractivity contribution is 0.0952. The summed E-state index contributed by atoms with van der Waals surface area (Å²) in [5, 5.41) is 0. The lowest BCUT2D eigenvalue weighted by Crippen LogP contribution is -2.44. The molecule has 2 aromatic rings. The maximum atomic E-state index is 13.6. The molecule has 1 fully saturated rings. The van der Waals surface area contributed by atoms with Gasteiger partial charge in [0.05, 0.1) is 29.2 Å². The predicted molar refractivity (Wildman–Crippen MR) is 128 cm³/mol. The second-order valence-corrected chi connectivity index (χ2v) is 11.2. The number of nitrogens with zero attached hydrogens (tertiary/aromatic N) is 1. The monoisotopic (exact) mass is 523 g/mol. The zero-order valence-corrected chi connectivity index (χ0v) is 21.5. The lowest BCUT2D eigenvalue weighted by atomic mass is 10.0. The summed E-state index contributed by atoms with van der Waals surface area (Å²) in [5.74, 6) is 0.938. The Bertz CT molecular complexity index is 1080. The fourth-order valence-corrected chi connectivity index (χ4v) is 6.82. The zero-order chi connectivity index (χ0) is 23.6. The van der Waals surface area contributed by atoms with Crippen LogP contribution in [0.1, 0.15) is 49.0 Å². The normalized spacial score (nSPS) is 19.3. The fourth-order valence-electron chi connectivity index (χ4n) is 4.32. The molecule has 2 atom stereocenters. The minimum atomic E-state index is -3.74. The summed E-state index contributed by atoms with van der Waals surface area (Å²) in [5.41, 5.74) is 1.40. The molecule has 1 aliphatic rings. The molecule has 0 radical (unpaired) electrons. The minimum Gasteiger partial charge on any atom is -0.496 e. The van der Waals surface area contributed by atoms with Crippen LogP contribution in [0.25, 0.3) is 0 Å². The smallest absolute Gasteiger partial charge is 0.243 e. The summed E-state index contributed by atoms with van der Waals surface area (Å²) in [6.45, 7) is 5.97. The first-order valence-electron chi connectivity index (χ1n) is 10.6. The first-order chi connectivity index (χ1) is 15.1. The van der Waals surface area contributed by atoms with E-state index in [1.165, 1.54) is 7.11 Å². The van der Waals surface area contributed by atoms with Crippen LogP contribution in [0, 0.1) is 12.8 Å². The molecule has 0 saturated carbocycles. The van der Waals surface area contributed by atoms with Crippen LogP contribution in [0.4, 0.5) is 0 Å². The van der Waals surface area contributed by atoms with Crippen molar-refractivity contribution < 1.29 is 22.7 Å². The van der Waals surface area contributed by atoms with Gasteiger partial charge in [-0.1, -0.05) is 31.5 Å². The Hall–Kier alpha value is -1.90. The summed E-state index contributed by atoms with van der Waals surface area (Å²) in [6.07, 6.45) is 1.45. The lowest BCUT2D eigenvalue weighted by Gasteiger charge is -2.31. The number of carbonyl (C=O) groups is 1. The van der Waals surface area contributed by atoms with Gasteiger partial charge in [-0.05, 0) is 59.8 Å². The van der Waals surface area contributed by atoms with E-state index in [4.69, 9.17) is 9.47 Å². The number of halogens is 1. The van der Waals surface area contributed by atoms with E-state index in [-0.39, 0.29) is 29.1 Å². The molecule has 0 amide bonds. The van der Waals surface area contributed by atoms with Crippen LogP contribution < -0.4 is 9.47 Å². The molecule has 0 bridgehead atoms. The highest BCUT2D eigenvalue weighted by molar-refractivity contribution is 9.10. The second kappa shape index (κ2) is 9.93. The van der Waals surface area contributed by atoms with Crippen LogP contribution in [0.3, 0.4) is 0 Å². The van der Waals surface area contributed by atoms with Crippen LogP contribution >= 0.6 is 15.9 Å². The van der Waals surface area contributed by atoms with Gasteiger partial charge >= 0.3 is 0 Å². The number of benzene rings is 2. The van der Waals surface area contributed by atoms with Crippen LogP contribution in [-0.2, 0) is 10.0 Å². The second-order valence-electron chi connectivity index (χ2n) is 8.50. The number of ether oxygens (including phenoxy) is 2. The summed E-state index contributed by atoms with van der Waals surface area (Å²) in [6, 6.07) is 9.65. The van der Waals surface area contributed by atoms with Gasteiger partial charge in [-0.25, -0.2) is 8.42 Å². The molecule has 32 heavy (non-hydrogen) atoms. The van der Waals surface area contributed by atoms with Crippen LogP contribution in [0.15, 0.2) is 45.8 Å². The van der Waals surface area contributed by atoms with Gasteiger partial charge < -0.3 is 9.47 Å². The average Bonchev–Trinajstić information content (AvgIpc) is 3.18. The van der Waals surface area contributed by atoms with Crippen molar-refractivity contribution in [3.63, 3.8) is 0 Å². The van der Waals surface area contributed by atoms with E-state index in [0.29, 0.717) is 28.0 Å². The van der Waals surface area contributed by atoms with Crippen LogP contribution in [-0.4, -0.2) is 44.8 Å². The maximum absolute atomic E-state index is 13.6. The third-order valence-corrected chi connectivity index (χ3v) is 8.66. The molecule has 0 unspecified atom stereocenters. The molecule has 0 aliphatic carbocycles. The van der Waals surface area contributed by atoms with Crippen molar-refractivity contribution in [1.29, 1.82) is 0 Å². The summed E-state index contributed by atoms with van der Waals surface area (Å²) in [4.78, 5) is 13.6. The number of aryl methyl sites for hydroxylation is 1. The van der Waals surface area contributed by atoms with Crippen LogP contribution in [0.5, 0.6) is 11.5 Å². The topological polar surface area (TPSA) is 72.9 Å². The molecular formula is C24H30BrNO5S. The third-order valence-electron chi connectivity index (χ3n) is 6.04. The molecule has 1 heterocycles. The van der Waals surface area contributed by atoms with Gasteiger partial charge in [-0.2, -0.15) is 4.31 Å². The summed E-state index contributed by atoms with van der Waals surface area (Å²) in [7, 11) is -0.701. The number of hydrogen-bond acceptors (Lipinski definition) is 5. The molecular weight excluding hydrogens is 494 g/mol. The van der Waals surface area contributed by atoms with Crippen molar-refractivity contribution in [1.82, 2.24) is 4.31 Å². The highest BCUT2D eigenvalue weighted by Gasteiger charge is 2.44. The number of methoxy groups -OCH3 is 2. The standard InChI is InChI=1S/C24H30BrNO5S/c1-15(2)21-11-8-17(26(21)32(28,29)18-9-6-16(3)7-10-18)12-22(27)19-13-20(25)24(31-5)14-23(19)30-4/h6-7,9-10,13-15,17,21H,8,11-12H2,1-5H3/t17-,21+/m0/s1. The quantitative estimate of drug-likeness (QED) is 0.443. The number of Topliss-reactive ketones (excluding diaryl/α,β-unsaturated/α-hetero) is 1. The average molecular weight is 524 g/mol. The summed E-state index contributed by atoms with van der Waals surface area (Å²) >= 11 is 3.42. The van der Waals surface area contributed by atoms with Crippen molar-refractivity contribution in [2.45, 2.75) is 57.0 Å². The van der Waals surface area contributed by atoms with Gasteiger partial charge in [0.2, 0.25) is 10.0 Å². The van der Waals surface area contributed by atoms with Gasteiger partial charge in [0.15, 0.2) is 5.78 Å². The highest BCUT2D eigenvalue weighted by atomic mass is 79.9. The molecule has 0 spiro atoms. The number of hydrogen-bond donors (Lipinski definition) is 0. The molecule has 1 saturated heterocycles. The fraction of sp³-hybridized carbons (Fsp3) is 0.458. The van der Waals surface area contributed by atoms with Crippen molar-refractivity contribution in [3.8, 4) is 11.5 Å². The Morgan fingerprint density at radius 1 is 1.09 bits per heavy atom.